The Bertz CT molecular complexity index is 1390. The average molecular weight is 529 g/mol. The Kier molecular flexibility index (Phi) is 9.20. The number of thiocarbonyl (C=S) groups is 1. The summed E-state index contributed by atoms with van der Waals surface area (Å²) < 4.78 is 2.22. The zero-order valence-corrected chi connectivity index (χ0v) is 22.8. The van der Waals surface area contributed by atoms with Crippen LogP contribution in [-0.2, 0) is 19.4 Å². The van der Waals surface area contributed by atoms with E-state index in [2.05, 4.69) is 29.7 Å². The van der Waals surface area contributed by atoms with Crippen molar-refractivity contribution in [3.05, 3.63) is 88.8 Å². The summed E-state index contributed by atoms with van der Waals surface area (Å²) in [5, 5.41) is 7.61. The van der Waals surface area contributed by atoms with Crippen LogP contribution in [-0.4, -0.2) is 50.7 Å². The number of carbonyl (C=O) groups is 1. The molecule has 2 aromatic carbocycles. The van der Waals surface area contributed by atoms with E-state index in [0.717, 1.165) is 65.0 Å². The van der Waals surface area contributed by atoms with E-state index in [1.54, 1.807) is 0 Å². The number of carbonyl (C=O) groups excluding carboxylic acids is 1. The number of imidazole rings is 1. The van der Waals surface area contributed by atoms with Crippen LogP contribution in [0, 0.1) is 5.41 Å². The normalized spacial score (nSPS) is 13.1. The molecule has 0 unspecified atom stereocenters. The summed E-state index contributed by atoms with van der Waals surface area (Å²) >= 11 is 5.64. The minimum atomic E-state index is -0.00577. The first-order valence-electron chi connectivity index (χ1n) is 13.2. The average Bonchev–Trinajstić information content (AvgIpc) is 3.27. The fourth-order valence-electron chi connectivity index (χ4n) is 4.68. The van der Waals surface area contributed by atoms with Crippen LogP contribution in [0.15, 0.2) is 66.3 Å². The highest BCUT2D eigenvalue weighted by Crippen LogP contribution is 2.24. The van der Waals surface area contributed by atoms with Gasteiger partial charge in [-0.3, -0.25) is 10.2 Å². The highest BCUT2D eigenvalue weighted by molar-refractivity contribution is 7.80. The van der Waals surface area contributed by atoms with Crippen molar-refractivity contribution in [1.29, 1.82) is 5.41 Å². The number of benzene rings is 2. The van der Waals surface area contributed by atoms with Crippen LogP contribution in [0.5, 0.6) is 0 Å². The van der Waals surface area contributed by atoms with Gasteiger partial charge in [-0.15, -0.1) is 0 Å². The monoisotopic (exact) mass is 528 g/mol. The molecule has 0 fully saturated rings. The number of fused-ring (bicyclic) bond motifs is 1. The second-order valence-electron chi connectivity index (χ2n) is 9.61. The largest absolute Gasteiger partial charge is 0.384 e. The van der Waals surface area contributed by atoms with E-state index in [4.69, 9.17) is 34.1 Å². The smallest absolute Gasteiger partial charge is 0.253 e. The van der Waals surface area contributed by atoms with Gasteiger partial charge in [-0.1, -0.05) is 68.1 Å². The van der Waals surface area contributed by atoms with Crippen LogP contribution < -0.4 is 11.5 Å². The van der Waals surface area contributed by atoms with Gasteiger partial charge in [0.15, 0.2) is 0 Å². The van der Waals surface area contributed by atoms with E-state index in [1.807, 2.05) is 47.4 Å². The number of rotatable bonds is 12. The summed E-state index contributed by atoms with van der Waals surface area (Å²) in [6, 6.07) is 13.6. The molecular formula is C30H36N6OS. The Labute approximate surface area is 229 Å². The number of amides is 1. The van der Waals surface area contributed by atoms with Crippen molar-refractivity contribution in [1.82, 2.24) is 14.5 Å². The molecule has 198 valence electrons. The predicted molar refractivity (Wildman–Crippen MR) is 159 cm³/mol. The standard InChI is InChI=1S/C30H36N6OS/c1-2-3-17-35(18-16-31)30(37)23-13-14-26-25(19-23)34-28(36(26)20-24-6-4-5-7-27(24)38)15-10-21-8-11-22(12-9-21)29(32)33/h4-6,8-9,11-14,19H,2-3,7,10,15-18,20,31H2,1H3,(H3,32,33). The van der Waals surface area contributed by atoms with Crippen LogP contribution in [0.1, 0.15) is 53.5 Å². The molecular weight excluding hydrogens is 492 g/mol. The molecule has 8 heteroatoms. The first kappa shape index (κ1) is 27.4. The summed E-state index contributed by atoms with van der Waals surface area (Å²) in [6.45, 7) is 4.44. The number of nitrogens with one attached hydrogen (secondary N) is 1. The number of nitrogen functional groups attached to an aromatic ring is 1. The molecule has 0 saturated heterocycles. The van der Waals surface area contributed by atoms with Crippen molar-refractivity contribution >= 4 is 39.9 Å². The Morgan fingerprint density at radius 2 is 1.89 bits per heavy atom. The highest BCUT2D eigenvalue weighted by atomic mass is 32.1. The molecule has 5 N–H and O–H groups in total. The summed E-state index contributed by atoms with van der Waals surface area (Å²) in [7, 11) is 0. The fraction of sp³-hybridized carbons (Fsp3) is 0.333. The first-order valence-corrected chi connectivity index (χ1v) is 13.6. The molecule has 3 aromatic rings. The Morgan fingerprint density at radius 1 is 1.13 bits per heavy atom. The molecule has 1 aliphatic rings. The number of nitrogens with two attached hydrogens (primary N) is 2. The Morgan fingerprint density at radius 3 is 2.58 bits per heavy atom. The molecule has 0 radical (unpaired) electrons. The SMILES string of the molecule is CCCCN(CCN)C(=O)c1ccc2c(c1)nc(CCc1ccc(C(=N)N)cc1)n2CC1=CC=CCC1=S. The van der Waals surface area contributed by atoms with Gasteiger partial charge in [-0.05, 0) is 42.2 Å². The second kappa shape index (κ2) is 12.8. The third-order valence-corrected chi connectivity index (χ3v) is 7.30. The molecule has 0 atom stereocenters. The van der Waals surface area contributed by atoms with Crippen molar-refractivity contribution in [3.63, 3.8) is 0 Å². The second-order valence-corrected chi connectivity index (χ2v) is 10.1. The van der Waals surface area contributed by atoms with Gasteiger partial charge in [0, 0.05) is 48.5 Å². The molecule has 1 aliphatic carbocycles. The van der Waals surface area contributed by atoms with Gasteiger partial charge in [0.25, 0.3) is 5.91 Å². The summed E-state index contributed by atoms with van der Waals surface area (Å²) in [6.07, 6.45) is 10.5. The number of aromatic nitrogens is 2. The van der Waals surface area contributed by atoms with E-state index < -0.39 is 0 Å². The van der Waals surface area contributed by atoms with Crippen molar-refractivity contribution in [3.8, 4) is 0 Å². The molecule has 0 saturated carbocycles. The van der Waals surface area contributed by atoms with Crippen LogP contribution in [0.25, 0.3) is 11.0 Å². The molecule has 0 aliphatic heterocycles. The number of aryl methyl sites for hydroxylation is 2. The van der Waals surface area contributed by atoms with E-state index in [9.17, 15) is 4.79 Å². The van der Waals surface area contributed by atoms with Gasteiger partial charge < -0.3 is 20.9 Å². The van der Waals surface area contributed by atoms with Crippen molar-refractivity contribution < 1.29 is 4.79 Å². The third-order valence-electron chi connectivity index (χ3n) is 6.87. The number of allylic oxidation sites excluding steroid dienone is 4. The zero-order valence-electron chi connectivity index (χ0n) is 22.0. The maximum absolute atomic E-state index is 13.3. The van der Waals surface area contributed by atoms with E-state index in [-0.39, 0.29) is 11.7 Å². The lowest BCUT2D eigenvalue weighted by Crippen LogP contribution is -2.36. The zero-order chi connectivity index (χ0) is 27.1. The van der Waals surface area contributed by atoms with Crippen molar-refractivity contribution in [2.45, 2.75) is 45.6 Å². The molecule has 0 bridgehead atoms. The number of hydrogen-bond acceptors (Lipinski definition) is 5. The third kappa shape index (κ3) is 6.44. The minimum absolute atomic E-state index is 0.00577. The van der Waals surface area contributed by atoms with Crippen LogP contribution in [0.4, 0.5) is 0 Å². The van der Waals surface area contributed by atoms with Gasteiger partial charge in [0.1, 0.15) is 11.7 Å². The van der Waals surface area contributed by atoms with E-state index in [1.165, 1.54) is 0 Å². The summed E-state index contributed by atoms with van der Waals surface area (Å²) in [5.74, 6) is 1.01. The Hall–Kier alpha value is -3.62. The quantitative estimate of drug-likeness (QED) is 0.181. The molecule has 4 rings (SSSR count). The van der Waals surface area contributed by atoms with Crippen molar-refractivity contribution in [2.75, 3.05) is 19.6 Å². The van der Waals surface area contributed by atoms with Crippen LogP contribution in [0.2, 0.25) is 0 Å². The summed E-state index contributed by atoms with van der Waals surface area (Å²) in [5.41, 5.74) is 16.8. The number of amidine groups is 1. The van der Waals surface area contributed by atoms with Gasteiger partial charge >= 0.3 is 0 Å². The van der Waals surface area contributed by atoms with Gasteiger partial charge in [-0.25, -0.2) is 4.98 Å². The Balaban J connectivity index is 1.66. The lowest BCUT2D eigenvalue weighted by atomic mass is 10.0. The van der Waals surface area contributed by atoms with E-state index in [0.29, 0.717) is 37.3 Å². The van der Waals surface area contributed by atoms with E-state index >= 15 is 0 Å². The maximum atomic E-state index is 13.3. The van der Waals surface area contributed by atoms with Crippen molar-refractivity contribution in [2.24, 2.45) is 11.5 Å². The molecule has 1 heterocycles. The number of nitrogens with zero attached hydrogens (tertiary/aromatic N) is 3. The highest BCUT2D eigenvalue weighted by Gasteiger charge is 2.19. The van der Waals surface area contributed by atoms with Gasteiger partial charge in [0.2, 0.25) is 0 Å². The first-order chi connectivity index (χ1) is 18.4. The van der Waals surface area contributed by atoms with Crippen LogP contribution in [0.3, 0.4) is 0 Å². The molecule has 38 heavy (non-hydrogen) atoms. The van der Waals surface area contributed by atoms with Gasteiger partial charge in [0.05, 0.1) is 17.6 Å². The van der Waals surface area contributed by atoms with Crippen LogP contribution >= 0.6 is 12.2 Å². The maximum Gasteiger partial charge on any atom is 0.253 e. The minimum Gasteiger partial charge on any atom is -0.384 e. The topological polar surface area (TPSA) is 114 Å². The summed E-state index contributed by atoms with van der Waals surface area (Å²) in [4.78, 5) is 21.1. The molecule has 1 amide bonds. The predicted octanol–water partition coefficient (Wildman–Crippen LogP) is 4.56. The number of hydrogen-bond donors (Lipinski definition) is 3. The number of unbranched alkanes of at least 4 members (excludes halogenated alkanes) is 1. The lowest BCUT2D eigenvalue weighted by Gasteiger charge is -2.22. The molecule has 7 nitrogen and oxygen atoms in total. The molecule has 0 spiro atoms. The fourth-order valence-corrected chi connectivity index (χ4v) is 4.91. The molecule has 1 aromatic heterocycles. The lowest BCUT2D eigenvalue weighted by molar-refractivity contribution is 0.0758. The van der Waals surface area contributed by atoms with Gasteiger partial charge in [-0.2, -0.15) is 0 Å².